The van der Waals surface area contributed by atoms with Crippen molar-refractivity contribution in [2.24, 2.45) is 0 Å². The fourth-order valence-electron chi connectivity index (χ4n) is 3.67. The Kier molecular flexibility index (Phi) is 5.67. The molecule has 1 aromatic heterocycles. The number of nitrogens with zero attached hydrogens (tertiary/aromatic N) is 1. The first-order valence-electron chi connectivity index (χ1n) is 8.12. The van der Waals surface area contributed by atoms with Crippen LogP contribution in [0.1, 0.15) is 51.2 Å². The molecule has 0 aromatic carbocycles. The number of nitrogens with one attached hydrogen (secondary N) is 1. The van der Waals surface area contributed by atoms with E-state index in [2.05, 4.69) is 37.3 Å². The maximum absolute atomic E-state index is 5.60. The third-order valence-corrected chi connectivity index (χ3v) is 4.88. The monoisotopic (exact) mass is 278 g/mol. The fraction of sp³-hybridized carbons (Fsp3) is 0.765. The zero-order valence-electron chi connectivity index (χ0n) is 13.3. The molecule has 1 fully saturated rings. The summed E-state index contributed by atoms with van der Waals surface area (Å²) >= 11 is 0. The molecular weight excluding hydrogens is 248 g/mol. The van der Waals surface area contributed by atoms with Gasteiger partial charge in [0.2, 0.25) is 0 Å². The highest BCUT2D eigenvalue weighted by molar-refractivity contribution is 5.08. The van der Waals surface area contributed by atoms with E-state index < -0.39 is 0 Å². The van der Waals surface area contributed by atoms with Crippen LogP contribution in [-0.2, 0) is 6.42 Å². The third kappa shape index (κ3) is 3.44. The number of likely N-dealkylation sites (N-methyl/N-ethyl adjacent to an activating group) is 1. The molecule has 3 nitrogen and oxygen atoms in total. The molecular formula is C17H30N2O. The van der Waals surface area contributed by atoms with Gasteiger partial charge < -0.3 is 14.6 Å². The Morgan fingerprint density at radius 2 is 2.05 bits per heavy atom. The van der Waals surface area contributed by atoms with Crippen molar-refractivity contribution >= 4 is 0 Å². The Morgan fingerprint density at radius 1 is 1.30 bits per heavy atom. The van der Waals surface area contributed by atoms with E-state index in [1.54, 1.807) is 6.26 Å². The topological polar surface area (TPSA) is 28.4 Å². The molecule has 1 aromatic rings. The molecule has 1 N–H and O–H groups in total. The highest BCUT2D eigenvalue weighted by Gasteiger charge is 2.41. The molecule has 114 valence electrons. The zero-order chi connectivity index (χ0) is 14.4. The van der Waals surface area contributed by atoms with Crippen LogP contribution in [0.4, 0.5) is 0 Å². The largest absolute Gasteiger partial charge is 0.469 e. The van der Waals surface area contributed by atoms with Crippen LogP contribution in [0, 0.1) is 0 Å². The minimum Gasteiger partial charge on any atom is -0.469 e. The summed E-state index contributed by atoms with van der Waals surface area (Å²) in [6.07, 6.45) is 10.6. The van der Waals surface area contributed by atoms with Gasteiger partial charge in [0, 0.05) is 18.0 Å². The van der Waals surface area contributed by atoms with Gasteiger partial charge in [-0.25, -0.2) is 0 Å². The van der Waals surface area contributed by atoms with Crippen molar-refractivity contribution in [3.63, 3.8) is 0 Å². The lowest BCUT2D eigenvalue weighted by molar-refractivity contribution is 0.0549. The first-order valence-corrected chi connectivity index (χ1v) is 8.12. The van der Waals surface area contributed by atoms with E-state index in [4.69, 9.17) is 4.42 Å². The molecule has 2 rings (SSSR count). The van der Waals surface area contributed by atoms with Crippen LogP contribution < -0.4 is 5.32 Å². The summed E-state index contributed by atoms with van der Waals surface area (Å²) in [6, 6.07) is 4.58. The molecule has 3 heteroatoms. The van der Waals surface area contributed by atoms with Gasteiger partial charge >= 0.3 is 0 Å². The Morgan fingerprint density at radius 3 is 2.60 bits per heavy atom. The van der Waals surface area contributed by atoms with Crippen LogP contribution in [0.3, 0.4) is 0 Å². The van der Waals surface area contributed by atoms with E-state index >= 15 is 0 Å². The normalized spacial score (nSPS) is 20.2. The first-order chi connectivity index (χ1) is 9.69. The second kappa shape index (κ2) is 7.28. The predicted molar refractivity (Wildman–Crippen MR) is 84.0 cm³/mol. The third-order valence-electron chi connectivity index (χ3n) is 4.88. The minimum atomic E-state index is 0.278. The molecule has 0 saturated heterocycles. The summed E-state index contributed by atoms with van der Waals surface area (Å²) in [5.41, 5.74) is 0.278. The van der Waals surface area contributed by atoms with Gasteiger partial charge in [-0.05, 0) is 52.0 Å². The molecule has 1 atom stereocenters. The van der Waals surface area contributed by atoms with Crippen LogP contribution in [0.5, 0.6) is 0 Å². The minimum absolute atomic E-state index is 0.278. The lowest BCUT2D eigenvalue weighted by atomic mass is 9.74. The number of hydrogen-bond donors (Lipinski definition) is 1. The van der Waals surface area contributed by atoms with E-state index in [0.717, 1.165) is 18.7 Å². The molecule has 0 bridgehead atoms. The average Bonchev–Trinajstić information content (AvgIpc) is 2.97. The molecule has 1 unspecified atom stereocenters. The van der Waals surface area contributed by atoms with Gasteiger partial charge in [-0.3, -0.25) is 0 Å². The summed E-state index contributed by atoms with van der Waals surface area (Å²) in [7, 11) is 4.49. The van der Waals surface area contributed by atoms with Crippen molar-refractivity contribution in [3.05, 3.63) is 24.2 Å². The van der Waals surface area contributed by atoms with Crippen LogP contribution in [-0.4, -0.2) is 37.1 Å². The molecule has 0 radical (unpaired) electrons. The van der Waals surface area contributed by atoms with Crippen molar-refractivity contribution in [2.45, 2.75) is 63.5 Å². The summed E-state index contributed by atoms with van der Waals surface area (Å²) in [6.45, 7) is 3.32. The number of rotatable bonds is 7. The zero-order valence-corrected chi connectivity index (χ0v) is 13.3. The van der Waals surface area contributed by atoms with Gasteiger partial charge in [0.05, 0.1) is 6.26 Å². The van der Waals surface area contributed by atoms with Crippen LogP contribution in [0.25, 0.3) is 0 Å². The molecule has 1 saturated carbocycles. The van der Waals surface area contributed by atoms with Crippen LogP contribution in [0.2, 0.25) is 0 Å². The molecule has 0 aliphatic heterocycles. The van der Waals surface area contributed by atoms with Gasteiger partial charge in [0.25, 0.3) is 0 Å². The fourth-order valence-corrected chi connectivity index (χ4v) is 3.67. The maximum atomic E-state index is 5.60. The SMILES string of the molecule is CCCNC(Cc1ccco1)C1(N(C)C)CCCCC1. The summed E-state index contributed by atoms with van der Waals surface area (Å²) in [4.78, 5) is 2.46. The van der Waals surface area contributed by atoms with E-state index in [1.165, 1.54) is 38.5 Å². The Labute approximate surface area is 123 Å². The van der Waals surface area contributed by atoms with Crippen molar-refractivity contribution in [1.29, 1.82) is 0 Å². The summed E-state index contributed by atoms with van der Waals surface area (Å²) in [5.74, 6) is 1.10. The lowest BCUT2D eigenvalue weighted by Crippen LogP contribution is -2.60. The molecule has 20 heavy (non-hydrogen) atoms. The maximum Gasteiger partial charge on any atom is 0.105 e. The smallest absolute Gasteiger partial charge is 0.105 e. The van der Waals surface area contributed by atoms with E-state index in [9.17, 15) is 0 Å². The Bertz CT molecular complexity index is 366. The molecule has 1 heterocycles. The van der Waals surface area contributed by atoms with E-state index in [1.807, 2.05) is 6.07 Å². The number of hydrogen-bond acceptors (Lipinski definition) is 3. The second-order valence-corrected chi connectivity index (χ2v) is 6.35. The second-order valence-electron chi connectivity index (χ2n) is 6.35. The van der Waals surface area contributed by atoms with Crippen molar-refractivity contribution in [3.8, 4) is 0 Å². The summed E-state index contributed by atoms with van der Waals surface area (Å²) in [5, 5.41) is 3.80. The number of furan rings is 1. The standard InChI is InChI=1S/C17H30N2O/c1-4-12-18-16(14-15-9-8-13-20-15)17(19(2)3)10-6-5-7-11-17/h8-9,13,16,18H,4-7,10-12,14H2,1-3H3. The molecule has 1 aliphatic rings. The Balaban J connectivity index is 2.17. The molecule has 0 spiro atoms. The summed E-state index contributed by atoms with van der Waals surface area (Å²) < 4.78 is 5.60. The van der Waals surface area contributed by atoms with Crippen molar-refractivity contribution in [1.82, 2.24) is 10.2 Å². The van der Waals surface area contributed by atoms with Crippen molar-refractivity contribution in [2.75, 3.05) is 20.6 Å². The van der Waals surface area contributed by atoms with Gasteiger partial charge in [0.15, 0.2) is 0 Å². The van der Waals surface area contributed by atoms with E-state index in [-0.39, 0.29) is 5.54 Å². The quantitative estimate of drug-likeness (QED) is 0.828. The van der Waals surface area contributed by atoms with Crippen molar-refractivity contribution < 1.29 is 4.42 Å². The van der Waals surface area contributed by atoms with Crippen LogP contribution in [0.15, 0.2) is 22.8 Å². The first kappa shape index (κ1) is 15.6. The van der Waals surface area contributed by atoms with Gasteiger partial charge in [0.1, 0.15) is 5.76 Å². The average molecular weight is 278 g/mol. The predicted octanol–water partition coefficient (Wildman–Crippen LogP) is 3.45. The lowest BCUT2D eigenvalue weighted by Gasteiger charge is -2.49. The molecule has 1 aliphatic carbocycles. The van der Waals surface area contributed by atoms with Crippen LogP contribution >= 0.6 is 0 Å². The van der Waals surface area contributed by atoms with E-state index in [0.29, 0.717) is 6.04 Å². The Hall–Kier alpha value is -0.800. The molecule has 0 amide bonds. The highest BCUT2D eigenvalue weighted by atomic mass is 16.3. The van der Waals surface area contributed by atoms with Gasteiger partial charge in [-0.2, -0.15) is 0 Å². The van der Waals surface area contributed by atoms with Gasteiger partial charge in [-0.15, -0.1) is 0 Å². The van der Waals surface area contributed by atoms with Gasteiger partial charge in [-0.1, -0.05) is 26.2 Å². The highest BCUT2D eigenvalue weighted by Crippen LogP contribution is 2.36.